The number of carbonyl (C=O) groups is 1. The number of carbonyl (C=O) groups excluding carboxylic acids is 1. The van der Waals surface area contributed by atoms with E-state index in [1.54, 1.807) is 50.6 Å². The van der Waals surface area contributed by atoms with Crippen molar-refractivity contribution in [3.05, 3.63) is 89.5 Å². The summed E-state index contributed by atoms with van der Waals surface area (Å²) in [6.45, 7) is 3.47. The van der Waals surface area contributed by atoms with Crippen molar-refractivity contribution in [3.8, 4) is 6.07 Å². The van der Waals surface area contributed by atoms with Crippen LogP contribution in [0.2, 0.25) is 0 Å². The summed E-state index contributed by atoms with van der Waals surface area (Å²) in [6, 6.07) is 11.6. The molecule has 0 radical (unpaired) electrons. The molecule has 0 atom stereocenters. The van der Waals surface area contributed by atoms with E-state index in [1.165, 1.54) is 18.3 Å². The van der Waals surface area contributed by atoms with E-state index in [0.29, 0.717) is 47.0 Å². The number of aromatic nitrogens is 5. The highest BCUT2D eigenvalue weighted by Gasteiger charge is 2.22. The molecular formula is C25H23FN8O. The van der Waals surface area contributed by atoms with E-state index >= 15 is 0 Å². The third-order valence-electron chi connectivity index (χ3n) is 5.35. The Morgan fingerprint density at radius 3 is 2.74 bits per heavy atom. The fraction of sp³-hybridized carbons (Fsp3) is 0.200. The van der Waals surface area contributed by atoms with Gasteiger partial charge in [0.1, 0.15) is 17.5 Å². The van der Waals surface area contributed by atoms with E-state index in [0.717, 1.165) is 5.69 Å². The van der Waals surface area contributed by atoms with Gasteiger partial charge in [0, 0.05) is 35.9 Å². The molecule has 1 aromatic carbocycles. The van der Waals surface area contributed by atoms with E-state index in [4.69, 9.17) is 0 Å². The number of hydrogen-bond acceptors (Lipinski definition) is 7. The van der Waals surface area contributed by atoms with Crippen LogP contribution in [-0.2, 0) is 18.3 Å². The first-order valence-electron chi connectivity index (χ1n) is 10.9. The molecule has 3 N–H and O–H groups in total. The first kappa shape index (κ1) is 23.5. The normalized spacial score (nSPS) is 11.0. The lowest BCUT2D eigenvalue weighted by molar-refractivity contribution is 0.102. The van der Waals surface area contributed by atoms with Crippen LogP contribution >= 0.6 is 0 Å². The highest BCUT2D eigenvalue weighted by molar-refractivity contribution is 6.04. The molecule has 0 unspecified atom stereocenters. The van der Waals surface area contributed by atoms with Crippen LogP contribution in [0.4, 0.5) is 21.7 Å². The van der Waals surface area contributed by atoms with Crippen LogP contribution in [0.1, 0.15) is 41.2 Å². The molecule has 35 heavy (non-hydrogen) atoms. The maximum Gasteiger partial charge on any atom is 0.255 e. The maximum absolute atomic E-state index is 14.4. The third-order valence-corrected chi connectivity index (χ3v) is 5.35. The zero-order valence-corrected chi connectivity index (χ0v) is 19.2. The Hall–Kier alpha value is -4.65. The average Bonchev–Trinajstić information content (AvgIpc) is 3.32. The Labute approximate surface area is 201 Å². The van der Waals surface area contributed by atoms with Crippen molar-refractivity contribution in [2.45, 2.75) is 32.1 Å². The highest BCUT2D eigenvalue weighted by Crippen LogP contribution is 2.22. The Morgan fingerprint density at radius 2 is 1.97 bits per heavy atom. The van der Waals surface area contributed by atoms with Crippen molar-refractivity contribution < 1.29 is 9.18 Å². The number of halogens is 1. The van der Waals surface area contributed by atoms with Gasteiger partial charge >= 0.3 is 0 Å². The highest BCUT2D eigenvalue weighted by atomic mass is 19.1. The number of anilines is 3. The Morgan fingerprint density at radius 1 is 1.11 bits per heavy atom. The quantitative estimate of drug-likeness (QED) is 0.349. The molecule has 1 amide bonds. The molecule has 3 heterocycles. The number of nitriles is 1. The Balaban J connectivity index is 1.41. The van der Waals surface area contributed by atoms with Crippen molar-refractivity contribution in [2.24, 2.45) is 0 Å². The topological polar surface area (TPSA) is 132 Å². The Kier molecular flexibility index (Phi) is 6.78. The van der Waals surface area contributed by atoms with Crippen LogP contribution in [-0.4, -0.2) is 31.1 Å². The second-order valence-corrected chi connectivity index (χ2v) is 8.42. The van der Waals surface area contributed by atoms with Gasteiger partial charge in [0.05, 0.1) is 29.1 Å². The second-order valence-electron chi connectivity index (χ2n) is 8.42. The minimum absolute atomic E-state index is 0.363. The summed E-state index contributed by atoms with van der Waals surface area (Å²) in [5.41, 5.74) is 1.71. The second kappa shape index (κ2) is 10.1. The molecule has 3 aromatic heterocycles. The number of aromatic amines is 1. The van der Waals surface area contributed by atoms with E-state index < -0.39 is 5.41 Å². The molecule has 0 saturated heterocycles. The summed E-state index contributed by atoms with van der Waals surface area (Å²) < 4.78 is 14.4. The lowest BCUT2D eigenvalue weighted by Gasteiger charge is -2.15. The number of rotatable bonds is 8. The van der Waals surface area contributed by atoms with Crippen molar-refractivity contribution in [1.29, 1.82) is 5.26 Å². The van der Waals surface area contributed by atoms with Gasteiger partial charge < -0.3 is 10.6 Å². The van der Waals surface area contributed by atoms with Gasteiger partial charge in [-0.1, -0.05) is 0 Å². The van der Waals surface area contributed by atoms with Crippen LogP contribution < -0.4 is 10.6 Å². The zero-order chi connectivity index (χ0) is 24.8. The maximum atomic E-state index is 14.4. The molecule has 0 aliphatic heterocycles. The fourth-order valence-electron chi connectivity index (χ4n) is 3.34. The number of H-pyrrole nitrogens is 1. The number of hydrogen-bond donors (Lipinski definition) is 3. The lowest BCUT2D eigenvalue weighted by atomic mass is 9.90. The SMILES string of the molecule is CC(C)(C#N)c1cc(C(=O)Nc2ccc(F)c(CCc3cc(Nc4cnccn4)[nH]n3)c2)ccn1. The molecule has 9 nitrogen and oxygen atoms in total. The number of amides is 1. The fourth-order valence-corrected chi connectivity index (χ4v) is 3.34. The molecule has 0 spiro atoms. The van der Waals surface area contributed by atoms with E-state index in [-0.39, 0.29) is 11.7 Å². The predicted octanol–water partition coefficient (Wildman–Crippen LogP) is 4.32. The molecular weight excluding hydrogens is 447 g/mol. The average molecular weight is 471 g/mol. The molecule has 4 aromatic rings. The zero-order valence-electron chi connectivity index (χ0n) is 19.2. The molecule has 176 valence electrons. The number of benzene rings is 1. The predicted molar refractivity (Wildman–Crippen MR) is 129 cm³/mol. The van der Waals surface area contributed by atoms with Crippen molar-refractivity contribution in [1.82, 2.24) is 25.1 Å². The Bertz CT molecular complexity index is 1380. The summed E-state index contributed by atoms with van der Waals surface area (Å²) in [6.07, 6.45) is 7.13. The van der Waals surface area contributed by atoms with Crippen LogP contribution in [0.5, 0.6) is 0 Å². The van der Waals surface area contributed by atoms with Gasteiger partial charge in [0.25, 0.3) is 5.91 Å². The van der Waals surface area contributed by atoms with Gasteiger partial charge in [-0.15, -0.1) is 0 Å². The molecule has 0 fully saturated rings. The molecule has 4 rings (SSSR count). The van der Waals surface area contributed by atoms with Crippen molar-refractivity contribution in [2.75, 3.05) is 10.6 Å². The van der Waals surface area contributed by atoms with Crippen LogP contribution in [0.15, 0.2) is 61.2 Å². The molecule has 0 aliphatic carbocycles. The third kappa shape index (κ3) is 5.83. The van der Waals surface area contributed by atoms with Gasteiger partial charge in [-0.3, -0.25) is 19.9 Å². The van der Waals surface area contributed by atoms with Gasteiger partial charge in [-0.05, 0) is 62.6 Å². The van der Waals surface area contributed by atoms with Gasteiger partial charge in [0.15, 0.2) is 0 Å². The summed E-state index contributed by atoms with van der Waals surface area (Å²) >= 11 is 0. The first-order chi connectivity index (χ1) is 16.8. The van der Waals surface area contributed by atoms with E-state index in [2.05, 4.69) is 41.9 Å². The molecule has 0 saturated carbocycles. The smallest absolute Gasteiger partial charge is 0.255 e. The minimum atomic E-state index is -0.824. The summed E-state index contributed by atoms with van der Waals surface area (Å²) in [4.78, 5) is 25.1. The summed E-state index contributed by atoms with van der Waals surface area (Å²) in [5.74, 6) is 0.498. The number of pyridine rings is 1. The van der Waals surface area contributed by atoms with Gasteiger partial charge in [-0.2, -0.15) is 10.4 Å². The van der Waals surface area contributed by atoms with Crippen LogP contribution in [0, 0.1) is 17.1 Å². The first-order valence-corrected chi connectivity index (χ1v) is 10.9. The van der Waals surface area contributed by atoms with Crippen molar-refractivity contribution in [3.63, 3.8) is 0 Å². The van der Waals surface area contributed by atoms with Crippen LogP contribution in [0.3, 0.4) is 0 Å². The number of aryl methyl sites for hydroxylation is 2. The van der Waals surface area contributed by atoms with Gasteiger partial charge in [-0.25, -0.2) is 9.37 Å². The minimum Gasteiger partial charge on any atom is -0.324 e. The van der Waals surface area contributed by atoms with Gasteiger partial charge in [0.2, 0.25) is 0 Å². The summed E-state index contributed by atoms with van der Waals surface area (Å²) in [7, 11) is 0. The molecule has 0 bridgehead atoms. The lowest BCUT2D eigenvalue weighted by Crippen LogP contribution is -2.18. The van der Waals surface area contributed by atoms with Crippen LogP contribution in [0.25, 0.3) is 0 Å². The summed E-state index contributed by atoms with van der Waals surface area (Å²) in [5, 5.41) is 22.3. The largest absolute Gasteiger partial charge is 0.324 e. The van der Waals surface area contributed by atoms with E-state index in [1.807, 2.05) is 6.07 Å². The molecule has 0 aliphatic rings. The monoisotopic (exact) mass is 470 g/mol. The van der Waals surface area contributed by atoms with E-state index in [9.17, 15) is 14.4 Å². The number of nitrogens with zero attached hydrogens (tertiary/aromatic N) is 5. The van der Waals surface area contributed by atoms with Crippen molar-refractivity contribution >= 4 is 23.2 Å². The molecule has 10 heteroatoms. The standard InChI is InChI=1S/C25H23FN8O/c1-25(2,15-27)21-12-17(7-8-29-21)24(35)31-18-5-6-20(26)16(11-18)3-4-19-13-22(34-33-19)32-23-14-28-9-10-30-23/h5-14H,3-4H2,1-2H3,(H,31,35)(H2,30,32,33,34). The number of nitrogens with one attached hydrogen (secondary N) is 3.